The highest BCUT2D eigenvalue weighted by atomic mass is 127. The molecule has 7 heteroatoms. The Morgan fingerprint density at radius 2 is 1.85 bits per heavy atom. The van der Waals surface area contributed by atoms with E-state index >= 15 is 0 Å². The minimum absolute atomic E-state index is 0. The van der Waals surface area contributed by atoms with Gasteiger partial charge in [0.05, 0.1) is 0 Å². The number of hydrogen-bond acceptors (Lipinski definition) is 3. The molecule has 0 aromatic rings. The number of nitrogens with one attached hydrogen (secondary N) is 2. The first kappa shape index (κ1) is 22.1. The fourth-order valence-electron chi connectivity index (χ4n) is 1.21. The number of halogens is 1. The molecule has 0 aliphatic rings. The molecular weight excluding hydrogens is 387 g/mol. The van der Waals surface area contributed by atoms with Crippen LogP contribution >= 0.6 is 35.7 Å². The van der Waals surface area contributed by atoms with Crippen LogP contribution in [0.4, 0.5) is 0 Å². The Hall–Kier alpha value is -0.180. The fraction of sp³-hybridized carbons (Fsp3) is 0.846. The van der Waals surface area contributed by atoms with Gasteiger partial charge in [-0.3, -0.25) is 4.79 Å². The zero-order valence-electron chi connectivity index (χ0n) is 13.2. The monoisotopic (exact) mass is 416 g/mol. The molecule has 20 heavy (non-hydrogen) atoms. The lowest BCUT2D eigenvalue weighted by Gasteiger charge is -2.14. The maximum absolute atomic E-state index is 11.5. The molecule has 0 heterocycles. The molecule has 0 unspecified atom stereocenters. The lowest BCUT2D eigenvalue weighted by molar-refractivity contribution is -0.127. The minimum atomic E-state index is 0. The highest BCUT2D eigenvalue weighted by molar-refractivity contribution is 14.0. The second kappa shape index (κ2) is 13.8. The molecule has 0 aromatic carbocycles. The number of guanidine groups is 1. The maximum atomic E-state index is 11.5. The van der Waals surface area contributed by atoms with Crippen molar-refractivity contribution in [1.29, 1.82) is 0 Å². The van der Waals surface area contributed by atoms with Crippen LogP contribution in [0.1, 0.15) is 20.3 Å². The van der Waals surface area contributed by atoms with Crippen LogP contribution in [-0.4, -0.2) is 62.5 Å². The molecule has 120 valence electrons. The lowest BCUT2D eigenvalue weighted by atomic mass is 10.1. The molecule has 0 aliphatic heterocycles. The summed E-state index contributed by atoms with van der Waals surface area (Å²) in [6.45, 7) is 6.29. The number of thioether (sulfide) groups is 1. The molecule has 0 rings (SSSR count). The van der Waals surface area contributed by atoms with Crippen LogP contribution < -0.4 is 10.6 Å². The number of hydrogen-bond donors (Lipinski definition) is 2. The quantitative estimate of drug-likeness (QED) is 0.273. The van der Waals surface area contributed by atoms with Crippen molar-refractivity contribution in [2.75, 3.05) is 45.7 Å². The normalized spacial score (nSPS) is 11.0. The summed E-state index contributed by atoms with van der Waals surface area (Å²) < 4.78 is 0. The number of likely N-dealkylation sites (N-methyl/N-ethyl adjacent to an activating group) is 1. The summed E-state index contributed by atoms with van der Waals surface area (Å²) in [6, 6.07) is 0. The molecule has 5 nitrogen and oxygen atoms in total. The van der Waals surface area contributed by atoms with Gasteiger partial charge in [-0.25, -0.2) is 4.99 Å². The summed E-state index contributed by atoms with van der Waals surface area (Å²) in [7, 11) is 3.48. The van der Waals surface area contributed by atoms with Gasteiger partial charge in [-0.15, -0.1) is 24.0 Å². The first-order valence-electron chi connectivity index (χ1n) is 6.68. The van der Waals surface area contributed by atoms with Crippen LogP contribution in [0.25, 0.3) is 0 Å². The van der Waals surface area contributed by atoms with E-state index in [1.807, 2.05) is 0 Å². The van der Waals surface area contributed by atoms with E-state index in [-0.39, 0.29) is 36.4 Å². The van der Waals surface area contributed by atoms with Crippen molar-refractivity contribution in [2.45, 2.75) is 20.3 Å². The molecule has 0 radical (unpaired) electrons. The summed E-state index contributed by atoms with van der Waals surface area (Å²) in [5, 5.41) is 6.50. The zero-order chi connectivity index (χ0) is 14.7. The van der Waals surface area contributed by atoms with Gasteiger partial charge in [0, 0.05) is 32.9 Å². The van der Waals surface area contributed by atoms with E-state index < -0.39 is 0 Å². The summed E-state index contributed by atoms with van der Waals surface area (Å²) in [4.78, 5) is 17.4. The van der Waals surface area contributed by atoms with Crippen molar-refractivity contribution in [2.24, 2.45) is 10.9 Å². The molecule has 0 bridgehead atoms. The molecule has 0 aromatic heterocycles. The molecular formula is C13H29IN4OS. The summed E-state index contributed by atoms with van der Waals surface area (Å²) in [5.74, 6) is 2.41. The van der Waals surface area contributed by atoms with Gasteiger partial charge in [-0.1, -0.05) is 13.8 Å². The molecule has 0 aliphatic carbocycles. The SMILES string of the molecule is CSCCNC(=NCC(=O)N(C)C)NCCC(C)C.I. The number of carbonyl (C=O) groups is 1. The Labute approximate surface area is 144 Å². The van der Waals surface area contributed by atoms with E-state index in [9.17, 15) is 4.79 Å². The van der Waals surface area contributed by atoms with Gasteiger partial charge in [-0.2, -0.15) is 11.8 Å². The smallest absolute Gasteiger partial charge is 0.243 e. The first-order valence-corrected chi connectivity index (χ1v) is 8.08. The molecule has 0 fully saturated rings. The van der Waals surface area contributed by atoms with Crippen LogP contribution in [0.3, 0.4) is 0 Å². The third-order valence-corrected chi connectivity index (χ3v) is 3.10. The van der Waals surface area contributed by atoms with Crippen molar-refractivity contribution >= 4 is 47.6 Å². The first-order chi connectivity index (χ1) is 8.97. The van der Waals surface area contributed by atoms with Crippen molar-refractivity contribution in [3.63, 3.8) is 0 Å². The third kappa shape index (κ3) is 12.8. The van der Waals surface area contributed by atoms with E-state index in [0.717, 1.165) is 31.2 Å². The molecule has 0 atom stereocenters. The molecule has 2 N–H and O–H groups in total. The average molecular weight is 416 g/mol. The molecule has 0 saturated heterocycles. The van der Waals surface area contributed by atoms with E-state index in [4.69, 9.17) is 0 Å². The van der Waals surface area contributed by atoms with Crippen molar-refractivity contribution in [3.8, 4) is 0 Å². The minimum Gasteiger partial charge on any atom is -0.356 e. The van der Waals surface area contributed by atoms with Gasteiger partial charge in [-0.05, 0) is 18.6 Å². The maximum Gasteiger partial charge on any atom is 0.243 e. The van der Waals surface area contributed by atoms with Crippen LogP contribution in [0.5, 0.6) is 0 Å². The fourth-order valence-corrected chi connectivity index (χ4v) is 1.52. The summed E-state index contributed by atoms with van der Waals surface area (Å²) in [5.41, 5.74) is 0. The van der Waals surface area contributed by atoms with Gasteiger partial charge in [0.2, 0.25) is 5.91 Å². The van der Waals surface area contributed by atoms with Crippen molar-refractivity contribution < 1.29 is 4.79 Å². The van der Waals surface area contributed by atoms with E-state index in [2.05, 4.69) is 35.7 Å². The number of rotatable bonds is 8. The Balaban J connectivity index is 0. The number of amides is 1. The van der Waals surface area contributed by atoms with Crippen molar-refractivity contribution in [1.82, 2.24) is 15.5 Å². The Kier molecular flexibility index (Phi) is 15.2. The van der Waals surface area contributed by atoms with Gasteiger partial charge in [0.1, 0.15) is 6.54 Å². The van der Waals surface area contributed by atoms with E-state index in [1.165, 1.54) is 0 Å². The highest BCUT2D eigenvalue weighted by Gasteiger charge is 2.04. The molecule has 0 spiro atoms. The van der Waals surface area contributed by atoms with Gasteiger partial charge >= 0.3 is 0 Å². The predicted molar refractivity (Wildman–Crippen MR) is 100 cm³/mol. The summed E-state index contributed by atoms with van der Waals surface area (Å²) >= 11 is 1.78. The van der Waals surface area contributed by atoms with Crippen LogP contribution in [0, 0.1) is 5.92 Å². The second-order valence-electron chi connectivity index (χ2n) is 4.98. The number of carbonyl (C=O) groups excluding carboxylic acids is 1. The Morgan fingerprint density at radius 1 is 1.25 bits per heavy atom. The van der Waals surface area contributed by atoms with Crippen LogP contribution in [-0.2, 0) is 4.79 Å². The average Bonchev–Trinajstić information content (AvgIpc) is 2.34. The third-order valence-electron chi connectivity index (χ3n) is 2.48. The van der Waals surface area contributed by atoms with Gasteiger partial charge in [0.15, 0.2) is 5.96 Å². The highest BCUT2D eigenvalue weighted by Crippen LogP contribution is 1.96. The van der Waals surface area contributed by atoms with Crippen molar-refractivity contribution in [3.05, 3.63) is 0 Å². The second-order valence-corrected chi connectivity index (χ2v) is 5.97. The largest absolute Gasteiger partial charge is 0.356 e. The number of aliphatic imine (C=N–C) groups is 1. The Bertz CT molecular complexity index is 286. The Morgan fingerprint density at radius 3 is 2.35 bits per heavy atom. The number of nitrogens with zero attached hydrogens (tertiary/aromatic N) is 2. The predicted octanol–water partition coefficient (Wildman–Crippen LogP) is 1.64. The van der Waals surface area contributed by atoms with E-state index in [0.29, 0.717) is 5.92 Å². The standard InChI is InChI=1S/C13H28N4OS.HI/c1-11(2)6-7-14-13(15-8-9-19-5)16-10-12(18)17(3)4;/h11H,6-10H2,1-5H3,(H2,14,15,16);1H. The van der Waals surface area contributed by atoms with Crippen LogP contribution in [0.2, 0.25) is 0 Å². The van der Waals surface area contributed by atoms with Crippen LogP contribution in [0.15, 0.2) is 4.99 Å². The lowest BCUT2D eigenvalue weighted by Crippen LogP contribution is -2.40. The molecule has 1 amide bonds. The summed E-state index contributed by atoms with van der Waals surface area (Å²) in [6.07, 6.45) is 3.16. The molecule has 0 saturated carbocycles. The zero-order valence-corrected chi connectivity index (χ0v) is 16.4. The topological polar surface area (TPSA) is 56.7 Å². The van der Waals surface area contributed by atoms with Gasteiger partial charge < -0.3 is 15.5 Å². The van der Waals surface area contributed by atoms with E-state index in [1.54, 1.807) is 30.8 Å². The van der Waals surface area contributed by atoms with Gasteiger partial charge in [0.25, 0.3) is 0 Å².